The molecule has 0 N–H and O–H groups in total. The molecule has 2 bridgehead atoms. The van der Waals surface area contributed by atoms with Crippen LogP contribution in [-0.2, 0) is 5.41 Å². The third-order valence-electron chi connectivity index (χ3n) is 4.30. The minimum Gasteiger partial charge on any atom is -0.449 e. The first-order valence-corrected chi connectivity index (χ1v) is 5.81. The van der Waals surface area contributed by atoms with Crippen molar-refractivity contribution in [2.75, 3.05) is 0 Å². The molecule has 0 unspecified atom stereocenters. The van der Waals surface area contributed by atoms with Crippen molar-refractivity contribution >= 4 is 18.6 Å². The molecule has 0 spiro atoms. The molecule has 0 aromatic heterocycles. The van der Waals surface area contributed by atoms with Crippen LogP contribution in [0.15, 0.2) is 18.2 Å². The Morgan fingerprint density at radius 3 is 2.11 bits per heavy atom. The Balaban J connectivity index is 0.00000120. The minimum atomic E-state index is -4.76. The van der Waals surface area contributed by atoms with Crippen LogP contribution in [-0.4, -0.2) is 6.98 Å². The molecule has 0 nitrogen and oxygen atoms in total. The van der Waals surface area contributed by atoms with Gasteiger partial charge in [0.15, 0.2) is 0 Å². The fraction of sp³-hybridized carbons (Fsp3) is 0.455. The van der Waals surface area contributed by atoms with Gasteiger partial charge in [-0.3, -0.25) is 0 Å². The van der Waals surface area contributed by atoms with Crippen molar-refractivity contribution in [2.45, 2.75) is 30.0 Å². The molecule has 3 aliphatic rings. The molecule has 18 heavy (non-hydrogen) atoms. The summed E-state index contributed by atoms with van der Waals surface area (Å²) in [4.78, 5) is 0. The molecular weight excluding hydrogens is 293 g/mol. The van der Waals surface area contributed by atoms with Gasteiger partial charge in [0.05, 0.1) is 5.02 Å². The third-order valence-corrected chi connectivity index (χ3v) is 4.59. The topological polar surface area (TPSA) is 0 Å². The second-order valence-electron chi connectivity index (χ2n) is 5.38. The van der Waals surface area contributed by atoms with E-state index in [2.05, 4.69) is 0 Å². The van der Waals surface area contributed by atoms with E-state index in [0.717, 1.165) is 5.56 Å². The van der Waals surface area contributed by atoms with Crippen LogP contribution in [0.1, 0.15) is 24.8 Å². The van der Waals surface area contributed by atoms with Gasteiger partial charge in [-0.15, -0.1) is 0 Å². The first-order valence-electron chi connectivity index (χ1n) is 5.43. The summed E-state index contributed by atoms with van der Waals surface area (Å²) < 4.78 is 51.2. The van der Waals surface area contributed by atoms with Crippen LogP contribution in [0, 0.1) is 5.82 Å². The van der Waals surface area contributed by atoms with Gasteiger partial charge in [0.2, 0.25) is 0 Å². The van der Waals surface area contributed by atoms with E-state index in [0.29, 0.717) is 0 Å². The molecule has 0 atom stereocenters. The van der Waals surface area contributed by atoms with Crippen molar-refractivity contribution in [1.82, 2.24) is 0 Å². The van der Waals surface area contributed by atoms with Crippen molar-refractivity contribution in [2.24, 2.45) is 0 Å². The Labute approximate surface area is 150 Å². The van der Waals surface area contributed by atoms with Crippen LogP contribution in [0.25, 0.3) is 0 Å². The fourth-order valence-electron chi connectivity index (χ4n) is 3.35. The van der Waals surface area contributed by atoms with E-state index >= 15 is 0 Å². The number of hydrogen-bond donors (Lipinski definition) is 0. The molecule has 3 saturated carbocycles. The van der Waals surface area contributed by atoms with E-state index in [1.54, 1.807) is 6.07 Å². The van der Waals surface area contributed by atoms with E-state index in [4.69, 9.17) is 11.6 Å². The summed E-state index contributed by atoms with van der Waals surface area (Å²) in [5, 5.41) is -1.43. The van der Waals surface area contributed by atoms with Gasteiger partial charge in [-0.05, 0) is 23.1 Å². The molecular formula is C11H9BClF4K. The van der Waals surface area contributed by atoms with Crippen LogP contribution >= 0.6 is 11.6 Å². The minimum absolute atomic E-state index is 0. The SMILES string of the molecule is Fc1ccc(C23CC([B-](F)(F)F)(C2)C3)cc1Cl.[K+]. The Morgan fingerprint density at radius 2 is 1.67 bits per heavy atom. The van der Waals surface area contributed by atoms with E-state index in [1.165, 1.54) is 12.1 Å². The maximum atomic E-state index is 13.0. The van der Waals surface area contributed by atoms with Gasteiger partial charge in [-0.1, -0.05) is 42.2 Å². The molecule has 0 radical (unpaired) electrons. The predicted molar refractivity (Wildman–Crippen MR) is 58.7 cm³/mol. The van der Waals surface area contributed by atoms with Gasteiger partial charge in [-0.25, -0.2) is 4.39 Å². The van der Waals surface area contributed by atoms with Crippen molar-refractivity contribution in [1.29, 1.82) is 0 Å². The van der Waals surface area contributed by atoms with Crippen LogP contribution < -0.4 is 51.4 Å². The van der Waals surface area contributed by atoms with E-state index in [9.17, 15) is 17.3 Å². The summed E-state index contributed by atoms with van der Waals surface area (Å²) in [6.07, 6.45) is 0.433. The van der Waals surface area contributed by atoms with Gasteiger partial charge in [0.1, 0.15) is 5.82 Å². The number of halogens is 5. The molecule has 0 heterocycles. The van der Waals surface area contributed by atoms with Gasteiger partial charge in [0.25, 0.3) is 0 Å². The molecule has 1 aromatic rings. The normalized spacial score (nSPS) is 33.2. The van der Waals surface area contributed by atoms with Crippen LogP contribution in [0.5, 0.6) is 0 Å². The quantitative estimate of drug-likeness (QED) is 0.574. The molecule has 1 aromatic carbocycles. The van der Waals surface area contributed by atoms with Crippen molar-refractivity contribution in [3.63, 3.8) is 0 Å². The smallest absolute Gasteiger partial charge is 0.449 e. The largest absolute Gasteiger partial charge is 1.00 e. The summed E-state index contributed by atoms with van der Waals surface area (Å²) in [5.41, 5.74) is 0.347. The average molecular weight is 303 g/mol. The van der Waals surface area contributed by atoms with Crippen LogP contribution in [0.3, 0.4) is 0 Å². The first-order chi connectivity index (χ1) is 7.78. The van der Waals surface area contributed by atoms with E-state index in [-0.39, 0.29) is 75.7 Å². The second kappa shape index (κ2) is 4.46. The Kier molecular flexibility index (Phi) is 3.80. The summed E-state index contributed by atoms with van der Waals surface area (Å²) in [6, 6.07) is 4.24. The number of benzene rings is 1. The summed E-state index contributed by atoms with van der Waals surface area (Å²) in [5.74, 6) is -0.531. The molecule has 0 saturated heterocycles. The number of hydrogen-bond acceptors (Lipinski definition) is 0. The van der Waals surface area contributed by atoms with Gasteiger partial charge in [-0.2, -0.15) is 0 Å². The van der Waals surface area contributed by atoms with Gasteiger partial charge in [0, 0.05) is 0 Å². The standard InChI is InChI=1S/C11H9BClF4.K/c13-8-3-7(1-2-9(8)14)10-4-11(5-10,6-10)12(15,16)17;/h1-3H,4-6H2;/q-1;+1. The van der Waals surface area contributed by atoms with E-state index < -0.39 is 23.5 Å². The average Bonchev–Trinajstić information content (AvgIpc) is 2.03. The summed E-state index contributed by atoms with van der Waals surface area (Å²) in [6.45, 7) is -4.76. The fourth-order valence-corrected chi connectivity index (χ4v) is 3.53. The van der Waals surface area contributed by atoms with Gasteiger partial charge >= 0.3 is 58.4 Å². The molecule has 3 aliphatic carbocycles. The zero-order valence-electron chi connectivity index (χ0n) is 9.82. The summed E-state index contributed by atoms with van der Waals surface area (Å²) in [7, 11) is 0. The maximum Gasteiger partial charge on any atom is 1.00 e. The summed E-state index contributed by atoms with van der Waals surface area (Å²) >= 11 is 5.65. The second-order valence-corrected chi connectivity index (χ2v) is 5.78. The monoisotopic (exact) mass is 302 g/mol. The van der Waals surface area contributed by atoms with Crippen LogP contribution in [0.4, 0.5) is 17.3 Å². The first kappa shape index (κ1) is 15.3. The van der Waals surface area contributed by atoms with Crippen molar-refractivity contribution < 1.29 is 68.7 Å². The molecule has 0 amide bonds. The Morgan fingerprint density at radius 1 is 1.11 bits per heavy atom. The predicted octanol–water partition coefficient (Wildman–Crippen LogP) is 1.51. The molecule has 7 heteroatoms. The van der Waals surface area contributed by atoms with Crippen molar-refractivity contribution in [3.05, 3.63) is 34.6 Å². The zero-order valence-corrected chi connectivity index (χ0v) is 13.7. The molecule has 92 valence electrons. The molecule has 3 fully saturated rings. The zero-order chi connectivity index (χ0) is 12.5. The molecule has 4 rings (SSSR count). The van der Waals surface area contributed by atoms with Crippen LogP contribution in [0.2, 0.25) is 10.3 Å². The Hall–Kier alpha value is 0.931. The molecule has 0 aliphatic heterocycles. The Bertz CT molecular complexity index is 483. The van der Waals surface area contributed by atoms with E-state index in [1.807, 2.05) is 0 Å². The maximum absolute atomic E-state index is 13.0. The number of rotatable bonds is 2. The van der Waals surface area contributed by atoms with Crippen molar-refractivity contribution in [3.8, 4) is 0 Å². The van der Waals surface area contributed by atoms with Gasteiger partial charge < -0.3 is 12.9 Å². The third kappa shape index (κ3) is 1.95.